The predicted octanol–water partition coefficient (Wildman–Crippen LogP) is 3.24. The summed E-state index contributed by atoms with van der Waals surface area (Å²) in [6.45, 7) is 6.20. The van der Waals surface area contributed by atoms with Gasteiger partial charge in [0.1, 0.15) is 0 Å². The summed E-state index contributed by atoms with van der Waals surface area (Å²) < 4.78 is 27.9. The zero-order valence-corrected chi connectivity index (χ0v) is 14.9. The molecule has 0 spiro atoms. The molecule has 24 heavy (non-hydrogen) atoms. The van der Waals surface area contributed by atoms with Gasteiger partial charge in [-0.05, 0) is 49.6 Å². The van der Waals surface area contributed by atoms with Gasteiger partial charge in [-0.2, -0.15) is 0 Å². The van der Waals surface area contributed by atoms with Crippen LogP contribution in [-0.4, -0.2) is 20.9 Å². The van der Waals surface area contributed by atoms with Crippen LogP contribution in [0.5, 0.6) is 0 Å². The number of sulfonamides is 1. The molecule has 128 valence electrons. The number of carbonyl (C=O) groups excluding carboxylic acids is 1. The molecule has 0 aromatic heterocycles. The molecule has 0 aliphatic carbocycles. The highest BCUT2D eigenvalue weighted by atomic mass is 32.2. The van der Waals surface area contributed by atoms with Crippen molar-refractivity contribution in [2.75, 3.05) is 11.3 Å². The van der Waals surface area contributed by atoms with Crippen molar-refractivity contribution in [3.05, 3.63) is 59.2 Å². The third-order valence-corrected chi connectivity index (χ3v) is 5.01. The summed E-state index contributed by atoms with van der Waals surface area (Å²) in [6.07, 6.45) is 0.817. The summed E-state index contributed by atoms with van der Waals surface area (Å²) in [6, 6.07) is 11.6. The van der Waals surface area contributed by atoms with Gasteiger partial charge >= 0.3 is 0 Å². The lowest BCUT2D eigenvalue weighted by atomic mass is 10.1. The molecule has 2 N–H and O–H groups in total. The second-order valence-corrected chi connectivity index (χ2v) is 7.34. The molecule has 2 rings (SSSR count). The van der Waals surface area contributed by atoms with Gasteiger partial charge in [-0.15, -0.1) is 0 Å². The zero-order valence-electron chi connectivity index (χ0n) is 14.1. The highest BCUT2D eigenvalue weighted by molar-refractivity contribution is 7.92. The molecule has 0 heterocycles. The first-order valence-corrected chi connectivity index (χ1v) is 9.30. The van der Waals surface area contributed by atoms with E-state index < -0.39 is 10.0 Å². The van der Waals surface area contributed by atoms with Crippen LogP contribution in [0.3, 0.4) is 0 Å². The number of nitrogens with one attached hydrogen (secondary N) is 2. The number of carbonyl (C=O) groups is 1. The van der Waals surface area contributed by atoms with E-state index in [9.17, 15) is 13.2 Å². The zero-order chi connectivity index (χ0) is 17.7. The van der Waals surface area contributed by atoms with Gasteiger partial charge < -0.3 is 5.32 Å². The minimum absolute atomic E-state index is 0.0642. The Bertz CT molecular complexity index is 825. The van der Waals surface area contributed by atoms with E-state index in [4.69, 9.17) is 0 Å². The molecule has 2 aromatic rings. The lowest BCUT2D eigenvalue weighted by Crippen LogP contribution is -2.24. The van der Waals surface area contributed by atoms with Crippen molar-refractivity contribution in [2.45, 2.75) is 32.1 Å². The van der Waals surface area contributed by atoms with Crippen molar-refractivity contribution in [3.63, 3.8) is 0 Å². The van der Waals surface area contributed by atoms with Crippen LogP contribution in [0.4, 0.5) is 5.69 Å². The fourth-order valence-electron chi connectivity index (χ4n) is 2.31. The smallest absolute Gasteiger partial charge is 0.261 e. The summed E-state index contributed by atoms with van der Waals surface area (Å²) in [5.74, 6) is -0.277. The molecule has 5 nitrogen and oxygen atoms in total. The Morgan fingerprint density at radius 1 is 1.04 bits per heavy atom. The van der Waals surface area contributed by atoms with Gasteiger partial charge in [0, 0.05) is 12.1 Å². The van der Waals surface area contributed by atoms with Crippen molar-refractivity contribution in [1.29, 1.82) is 0 Å². The quantitative estimate of drug-likeness (QED) is 0.843. The van der Waals surface area contributed by atoms with Crippen LogP contribution in [0.1, 0.15) is 34.8 Å². The Kier molecular flexibility index (Phi) is 5.62. The van der Waals surface area contributed by atoms with Crippen LogP contribution < -0.4 is 10.0 Å². The Balaban J connectivity index is 2.31. The number of amides is 1. The molecule has 2 aromatic carbocycles. The lowest BCUT2D eigenvalue weighted by molar-refractivity contribution is 0.0953. The molecule has 6 heteroatoms. The van der Waals surface area contributed by atoms with Crippen molar-refractivity contribution in [3.8, 4) is 0 Å². The average molecular weight is 346 g/mol. The van der Waals surface area contributed by atoms with Crippen molar-refractivity contribution < 1.29 is 13.2 Å². The largest absolute Gasteiger partial charge is 0.352 e. The molecule has 0 aliphatic rings. The normalized spacial score (nSPS) is 11.1. The maximum atomic E-state index is 12.7. The number of hydrogen-bond donors (Lipinski definition) is 2. The number of anilines is 1. The molecular weight excluding hydrogens is 324 g/mol. The highest BCUT2D eigenvalue weighted by Gasteiger charge is 2.18. The van der Waals surface area contributed by atoms with E-state index in [-0.39, 0.29) is 10.8 Å². The maximum absolute atomic E-state index is 12.7. The van der Waals surface area contributed by atoms with Gasteiger partial charge in [0.05, 0.1) is 10.6 Å². The predicted molar refractivity (Wildman–Crippen MR) is 95.8 cm³/mol. The molecule has 0 fully saturated rings. The summed E-state index contributed by atoms with van der Waals surface area (Å²) in [4.78, 5) is 12.1. The summed E-state index contributed by atoms with van der Waals surface area (Å²) in [7, 11) is -3.76. The van der Waals surface area contributed by atoms with E-state index in [1.165, 1.54) is 12.1 Å². The maximum Gasteiger partial charge on any atom is 0.261 e. The van der Waals surface area contributed by atoms with E-state index in [1.54, 1.807) is 12.1 Å². The van der Waals surface area contributed by atoms with Crippen LogP contribution in [0, 0.1) is 13.8 Å². The van der Waals surface area contributed by atoms with E-state index in [0.717, 1.165) is 17.5 Å². The van der Waals surface area contributed by atoms with Gasteiger partial charge in [-0.1, -0.05) is 31.2 Å². The molecule has 0 unspecified atom stereocenters. The first kappa shape index (κ1) is 18.0. The molecule has 0 aliphatic heterocycles. The van der Waals surface area contributed by atoms with Crippen molar-refractivity contribution in [1.82, 2.24) is 5.32 Å². The Labute approximate surface area is 143 Å². The first-order valence-electron chi connectivity index (χ1n) is 7.82. The Hall–Kier alpha value is -2.34. The molecule has 0 bridgehead atoms. The van der Waals surface area contributed by atoms with Crippen molar-refractivity contribution >= 4 is 21.6 Å². The van der Waals surface area contributed by atoms with Gasteiger partial charge in [-0.25, -0.2) is 8.42 Å². The number of benzene rings is 2. The van der Waals surface area contributed by atoms with Crippen LogP contribution in [-0.2, 0) is 10.0 Å². The number of para-hydroxylation sites is 1. The fraction of sp³-hybridized carbons (Fsp3) is 0.278. The molecule has 1 amide bonds. The average Bonchev–Trinajstić information content (AvgIpc) is 2.56. The highest BCUT2D eigenvalue weighted by Crippen LogP contribution is 2.23. The van der Waals surface area contributed by atoms with Crippen molar-refractivity contribution in [2.24, 2.45) is 0 Å². The third-order valence-electron chi connectivity index (χ3n) is 3.66. The molecule has 0 saturated heterocycles. The number of rotatable bonds is 6. The molecule has 0 saturated carbocycles. The molecule has 0 atom stereocenters. The number of aryl methyl sites for hydroxylation is 2. The molecular formula is C18H22N2O3S. The number of hydrogen-bond acceptors (Lipinski definition) is 3. The third kappa shape index (κ3) is 4.14. The van der Waals surface area contributed by atoms with Gasteiger partial charge in [0.25, 0.3) is 15.9 Å². The standard InChI is InChI=1S/C18H22N2O3S/c1-4-11-19-18(21)15-9-6-10-16(12-15)24(22,23)20-17-13(2)7-5-8-14(17)3/h5-10,12,20H,4,11H2,1-3H3,(H,19,21). The Morgan fingerprint density at radius 2 is 1.67 bits per heavy atom. The van der Waals surface area contributed by atoms with Gasteiger partial charge in [0.2, 0.25) is 0 Å². The van der Waals surface area contributed by atoms with E-state index in [2.05, 4.69) is 10.0 Å². The van der Waals surface area contributed by atoms with E-state index >= 15 is 0 Å². The molecule has 0 radical (unpaired) electrons. The fourth-order valence-corrected chi connectivity index (χ4v) is 3.56. The summed E-state index contributed by atoms with van der Waals surface area (Å²) >= 11 is 0. The van der Waals surface area contributed by atoms with E-state index in [0.29, 0.717) is 17.8 Å². The van der Waals surface area contributed by atoms with E-state index in [1.807, 2.05) is 39.0 Å². The monoisotopic (exact) mass is 346 g/mol. The Morgan fingerprint density at radius 3 is 2.29 bits per heavy atom. The van der Waals surface area contributed by atoms with Gasteiger partial charge in [0.15, 0.2) is 0 Å². The minimum atomic E-state index is -3.76. The van der Waals surface area contributed by atoms with Gasteiger partial charge in [-0.3, -0.25) is 9.52 Å². The first-order chi connectivity index (χ1) is 11.3. The summed E-state index contributed by atoms with van der Waals surface area (Å²) in [5, 5.41) is 2.74. The topological polar surface area (TPSA) is 75.3 Å². The summed E-state index contributed by atoms with van der Waals surface area (Å²) in [5.41, 5.74) is 2.58. The van der Waals surface area contributed by atoms with Crippen LogP contribution in [0.15, 0.2) is 47.4 Å². The van der Waals surface area contributed by atoms with Crippen LogP contribution in [0.25, 0.3) is 0 Å². The second-order valence-electron chi connectivity index (χ2n) is 5.66. The SMILES string of the molecule is CCCNC(=O)c1cccc(S(=O)(=O)Nc2c(C)cccc2C)c1. The minimum Gasteiger partial charge on any atom is -0.352 e. The van der Waals surface area contributed by atoms with Crippen LogP contribution in [0.2, 0.25) is 0 Å². The van der Waals surface area contributed by atoms with Crippen LogP contribution >= 0.6 is 0 Å². The lowest BCUT2D eigenvalue weighted by Gasteiger charge is -2.13. The second kappa shape index (κ2) is 7.49.